The summed E-state index contributed by atoms with van der Waals surface area (Å²) in [5.41, 5.74) is 1.69. The number of aryl methyl sites for hydroxylation is 1. The average Bonchev–Trinajstić information content (AvgIpc) is 3.61. The van der Waals surface area contributed by atoms with Crippen LogP contribution in [-0.4, -0.2) is 93.7 Å². The highest BCUT2D eigenvalue weighted by molar-refractivity contribution is 5.90. The van der Waals surface area contributed by atoms with Crippen molar-refractivity contribution in [2.45, 2.75) is 116 Å². The molecule has 1 saturated heterocycles. The lowest BCUT2D eigenvalue weighted by molar-refractivity contribution is -0.146. The van der Waals surface area contributed by atoms with Gasteiger partial charge in [0.05, 0.1) is 31.3 Å². The average molecular weight is 705 g/mol. The predicted molar refractivity (Wildman–Crippen MR) is 201 cm³/mol. The number of rotatable bonds is 20. The van der Waals surface area contributed by atoms with E-state index in [2.05, 4.69) is 45.4 Å². The van der Waals surface area contributed by atoms with E-state index in [1.54, 1.807) is 0 Å². The summed E-state index contributed by atoms with van der Waals surface area (Å²) in [5, 5.41) is 23.9. The van der Waals surface area contributed by atoms with Gasteiger partial charge in [0.1, 0.15) is 11.5 Å². The Labute approximate surface area is 303 Å². The summed E-state index contributed by atoms with van der Waals surface area (Å²) in [6, 6.07) is 8.91. The monoisotopic (exact) mass is 704 g/mol. The topological polar surface area (TPSA) is 151 Å². The molecular formula is C38H60N10O3. The molecule has 1 amide bonds. The van der Waals surface area contributed by atoms with Gasteiger partial charge < -0.3 is 30.9 Å². The van der Waals surface area contributed by atoms with Crippen molar-refractivity contribution in [3.8, 4) is 0 Å². The number of ether oxygens (including phenoxy) is 1. The Balaban J connectivity index is 1.04. The third-order valence-electron chi connectivity index (χ3n) is 10.1. The number of benzene rings is 1. The molecule has 2 fully saturated rings. The van der Waals surface area contributed by atoms with Crippen LogP contribution in [0.4, 0.5) is 11.8 Å². The third kappa shape index (κ3) is 12.4. The zero-order valence-corrected chi connectivity index (χ0v) is 31.0. The smallest absolute Gasteiger partial charge is 0.308 e. The van der Waals surface area contributed by atoms with Gasteiger partial charge in [-0.15, -0.1) is 5.10 Å². The molecule has 1 atom stereocenters. The number of amides is 1. The first kappa shape index (κ1) is 38.4. The second-order valence-electron chi connectivity index (χ2n) is 14.7. The molecule has 1 aliphatic heterocycles. The number of hydrogen-bond acceptors (Lipinski definition) is 11. The Kier molecular flexibility index (Phi) is 15.3. The van der Waals surface area contributed by atoms with Crippen LogP contribution in [0.3, 0.4) is 0 Å². The lowest BCUT2D eigenvalue weighted by atomic mass is 9.92. The van der Waals surface area contributed by atoms with Crippen molar-refractivity contribution in [2.24, 2.45) is 11.8 Å². The number of para-hydroxylation sites is 1. The van der Waals surface area contributed by atoms with Gasteiger partial charge in [-0.25, -0.2) is 4.98 Å². The minimum Gasteiger partial charge on any atom is -0.469 e. The number of carbonyl (C=O) groups is 2. The number of methoxy groups -OCH3 is 1. The first-order valence-corrected chi connectivity index (χ1v) is 19.3. The summed E-state index contributed by atoms with van der Waals surface area (Å²) in [7, 11) is 1.42. The molecule has 0 spiro atoms. The number of carbonyl (C=O) groups excluding carboxylic acids is 2. The fraction of sp³-hybridized carbons (Fsp3) is 0.684. The molecule has 0 bridgehead atoms. The Morgan fingerprint density at radius 3 is 2.53 bits per heavy atom. The normalized spacial score (nSPS) is 16.4. The molecule has 0 radical (unpaired) electrons. The molecule has 13 nitrogen and oxygen atoms in total. The largest absolute Gasteiger partial charge is 0.469 e. The summed E-state index contributed by atoms with van der Waals surface area (Å²) in [5.74, 6) is 1.32. The highest BCUT2D eigenvalue weighted by Crippen LogP contribution is 2.26. The van der Waals surface area contributed by atoms with Crippen LogP contribution in [-0.2, 0) is 27.4 Å². The van der Waals surface area contributed by atoms with Crippen LogP contribution in [0.5, 0.6) is 0 Å². The minimum atomic E-state index is -0.236. The van der Waals surface area contributed by atoms with Gasteiger partial charge in [-0.3, -0.25) is 14.3 Å². The van der Waals surface area contributed by atoms with Crippen LogP contribution in [0.25, 0.3) is 10.9 Å². The van der Waals surface area contributed by atoms with E-state index in [-0.39, 0.29) is 23.8 Å². The number of fused-ring (bicyclic) bond motifs is 1. The van der Waals surface area contributed by atoms with Crippen LogP contribution in [0, 0.1) is 11.8 Å². The molecule has 2 aliphatic rings. The maximum atomic E-state index is 13.0. The number of nitrogens with one attached hydrogen (secondary N) is 4. The lowest BCUT2D eigenvalue weighted by Gasteiger charge is -2.33. The van der Waals surface area contributed by atoms with E-state index < -0.39 is 0 Å². The number of hydrogen-bond donors (Lipinski definition) is 4. The van der Waals surface area contributed by atoms with Crippen LogP contribution >= 0.6 is 0 Å². The standard InChI is InChI=1S/C38H60N10O3/c1-28(2)25-29(37(50)51-3)15-16-35(49)47-23-17-31(18-24-47)42-36-33-13-7-8-14-34(33)43-38(44-36)41-26-32-27-48(46-45-32)22-10-20-39-19-9-21-40-30-11-5-4-6-12-30/h7-8,13-14,27-31,39-40H,4-6,9-12,15-26H2,1-3H3,(H2,41,42,43,44). The van der Waals surface area contributed by atoms with E-state index in [0.717, 1.165) is 86.7 Å². The molecule has 4 N–H and O–H groups in total. The highest BCUT2D eigenvalue weighted by Gasteiger charge is 2.26. The number of esters is 1. The van der Waals surface area contributed by atoms with E-state index in [4.69, 9.17) is 14.7 Å². The molecule has 3 heterocycles. The zero-order valence-electron chi connectivity index (χ0n) is 31.0. The molecule has 1 aromatic carbocycles. The van der Waals surface area contributed by atoms with Crippen LogP contribution in [0.2, 0.25) is 0 Å². The van der Waals surface area contributed by atoms with Gasteiger partial charge in [0.2, 0.25) is 11.9 Å². The summed E-state index contributed by atoms with van der Waals surface area (Å²) < 4.78 is 6.88. The van der Waals surface area contributed by atoms with E-state index in [0.29, 0.717) is 44.3 Å². The quantitative estimate of drug-likeness (QED) is 0.0914. The SMILES string of the molecule is COC(=O)C(CCC(=O)N1CCC(Nc2nc(NCc3cn(CCCNCCCNC4CCCCC4)nn3)nc3ccccc23)CC1)CC(C)C. The molecular weight excluding hydrogens is 644 g/mol. The first-order valence-electron chi connectivity index (χ1n) is 19.3. The molecule has 51 heavy (non-hydrogen) atoms. The maximum absolute atomic E-state index is 13.0. The Morgan fingerprint density at radius 2 is 1.75 bits per heavy atom. The lowest BCUT2D eigenvalue weighted by Crippen LogP contribution is -2.42. The Hall–Kier alpha value is -3.84. The van der Waals surface area contributed by atoms with Crippen molar-refractivity contribution in [3.05, 3.63) is 36.2 Å². The highest BCUT2D eigenvalue weighted by atomic mass is 16.5. The fourth-order valence-corrected chi connectivity index (χ4v) is 7.27. The molecule has 1 aliphatic carbocycles. The van der Waals surface area contributed by atoms with Gasteiger partial charge in [0.25, 0.3) is 0 Å². The summed E-state index contributed by atoms with van der Waals surface area (Å²) in [4.78, 5) is 36.8. The Morgan fingerprint density at radius 1 is 0.961 bits per heavy atom. The van der Waals surface area contributed by atoms with Gasteiger partial charge >= 0.3 is 5.97 Å². The third-order valence-corrected chi connectivity index (χ3v) is 10.1. The number of aromatic nitrogens is 5. The first-order chi connectivity index (χ1) is 24.9. The maximum Gasteiger partial charge on any atom is 0.308 e. The molecule has 1 unspecified atom stereocenters. The van der Waals surface area contributed by atoms with E-state index in [9.17, 15) is 9.59 Å². The van der Waals surface area contributed by atoms with Crippen molar-refractivity contribution >= 4 is 34.5 Å². The molecule has 2 aromatic heterocycles. The number of nitrogens with zero attached hydrogens (tertiary/aromatic N) is 6. The van der Waals surface area contributed by atoms with Gasteiger partial charge in [-0.1, -0.05) is 50.5 Å². The molecule has 3 aromatic rings. The fourth-order valence-electron chi connectivity index (χ4n) is 7.27. The van der Waals surface area contributed by atoms with Crippen molar-refractivity contribution in [1.29, 1.82) is 0 Å². The second-order valence-corrected chi connectivity index (χ2v) is 14.7. The summed E-state index contributed by atoms with van der Waals surface area (Å²) >= 11 is 0. The summed E-state index contributed by atoms with van der Waals surface area (Å²) in [6.45, 7) is 9.88. The van der Waals surface area contributed by atoms with Gasteiger partial charge in [0.15, 0.2) is 0 Å². The van der Waals surface area contributed by atoms with Crippen molar-refractivity contribution in [1.82, 2.24) is 40.5 Å². The Bertz CT molecular complexity index is 1500. The van der Waals surface area contributed by atoms with E-state index in [1.807, 2.05) is 40.0 Å². The van der Waals surface area contributed by atoms with Crippen molar-refractivity contribution in [3.63, 3.8) is 0 Å². The predicted octanol–water partition coefficient (Wildman–Crippen LogP) is 5.14. The van der Waals surface area contributed by atoms with Crippen LogP contribution in [0.15, 0.2) is 30.5 Å². The minimum absolute atomic E-state index is 0.103. The second kappa shape index (κ2) is 20.3. The summed E-state index contributed by atoms with van der Waals surface area (Å²) in [6.07, 6.45) is 14.2. The molecule has 280 valence electrons. The van der Waals surface area contributed by atoms with E-state index >= 15 is 0 Å². The molecule has 5 rings (SSSR count). The van der Waals surface area contributed by atoms with Crippen LogP contribution < -0.4 is 21.3 Å². The van der Waals surface area contributed by atoms with Gasteiger partial charge in [0, 0.05) is 43.5 Å². The van der Waals surface area contributed by atoms with Crippen molar-refractivity contribution in [2.75, 3.05) is 50.5 Å². The van der Waals surface area contributed by atoms with E-state index in [1.165, 1.54) is 39.2 Å². The van der Waals surface area contributed by atoms with Crippen LogP contribution in [0.1, 0.15) is 96.6 Å². The number of likely N-dealkylation sites (tertiary alicyclic amines) is 1. The molecule has 1 saturated carbocycles. The molecule has 13 heteroatoms. The number of piperidine rings is 1. The zero-order chi connectivity index (χ0) is 35.8. The number of anilines is 2. The van der Waals surface area contributed by atoms with Crippen molar-refractivity contribution < 1.29 is 14.3 Å². The van der Waals surface area contributed by atoms with Gasteiger partial charge in [-0.2, -0.15) is 4.98 Å². The van der Waals surface area contributed by atoms with Gasteiger partial charge in [-0.05, 0) is 89.1 Å².